The van der Waals surface area contributed by atoms with Gasteiger partial charge in [-0.05, 0) is 73.6 Å². The van der Waals surface area contributed by atoms with Crippen LogP contribution in [0.25, 0.3) is 22.3 Å². The number of rotatable bonds is 1. The first kappa shape index (κ1) is 30.8. The van der Waals surface area contributed by atoms with Gasteiger partial charge < -0.3 is 14.8 Å². The fourth-order valence-corrected chi connectivity index (χ4v) is 8.44. The lowest BCUT2D eigenvalue weighted by Crippen LogP contribution is -2.29. The van der Waals surface area contributed by atoms with Gasteiger partial charge in [-0.1, -0.05) is 32.4 Å². The molecule has 3 heterocycles. The zero-order valence-electron chi connectivity index (χ0n) is 25.7. The highest BCUT2D eigenvalue weighted by Crippen LogP contribution is 2.41. The number of phenolic OH excluding ortho intramolecular Hbond substituents is 1. The number of aromatic amines is 1. The number of aromatic hydroxyl groups is 1. The third-order valence-corrected chi connectivity index (χ3v) is 10.9. The number of sulfone groups is 1. The average Bonchev–Trinajstić information content (AvgIpc) is 3.59. The van der Waals surface area contributed by atoms with E-state index in [0.29, 0.717) is 41.6 Å². The lowest BCUT2D eigenvalue weighted by atomic mass is 9.75. The lowest BCUT2D eigenvalue weighted by molar-refractivity contribution is 0.336. The van der Waals surface area contributed by atoms with Gasteiger partial charge in [-0.15, -0.1) is 0 Å². The standard InChI is InChI=1S/C34H36F2N4O4S/c1-33(2)13-6-14-34(3,21-7-5-8-22(41)17-21)32-38-31(40(4)39-32)26-18-23(9-10-27(26)35)44-30-25(12-16-45(42,43)20-33)24-11-15-37-29(24)19-28(30)36/h5,7-11,15,17-19,37,41H,6,12-14,16,20H2,1-4H3. The molecule has 1 aliphatic rings. The fraction of sp³-hybridized carbons (Fsp3) is 0.353. The molecule has 1 atom stereocenters. The number of halogens is 2. The van der Waals surface area contributed by atoms with Crippen molar-refractivity contribution in [1.29, 1.82) is 0 Å². The minimum Gasteiger partial charge on any atom is -0.508 e. The van der Waals surface area contributed by atoms with Crippen molar-refractivity contribution in [2.24, 2.45) is 12.5 Å². The molecule has 0 amide bonds. The summed E-state index contributed by atoms with van der Waals surface area (Å²) in [6.07, 6.45) is 3.48. The molecule has 45 heavy (non-hydrogen) atoms. The van der Waals surface area contributed by atoms with E-state index in [9.17, 15) is 13.5 Å². The van der Waals surface area contributed by atoms with E-state index < -0.39 is 32.3 Å². The Kier molecular flexibility index (Phi) is 7.71. The Morgan fingerprint density at radius 2 is 1.82 bits per heavy atom. The highest BCUT2D eigenvalue weighted by Gasteiger charge is 2.36. The van der Waals surface area contributed by atoms with Crippen molar-refractivity contribution in [2.45, 2.75) is 51.9 Å². The molecule has 3 aromatic carbocycles. The number of nitrogens with zero attached hydrogens (tertiary/aromatic N) is 3. The van der Waals surface area contributed by atoms with Crippen molar-refractivity contribution in [2.75, 3.05) is 11.5 Å². The molecule has 0 saturated carbocycles. The van der Waals surface area contributed by atoms with Crippen LogP contribution >= 0.6 is 0 Å². The van der Waals surface area contributed by atoms with Crippen LogP contribution in [0.5, 0.6) is 17.2 Å². The maximum Gasteiger partial charge on any atom is 0.168 e. The topological polar surface area (TPSA) is 110 Å². The highest BCUT2D eigenvalue weighted by molar-refractivity contribution is 7.91. The summed E-state index contributed by atoms with van der Waals surface area (Å²) in [6.45, 7) is 5.84. The Hall–Kier alpha value is -4.25. The molecule has 1 aliphatic heterocycles. The zero-order valence-corrected chi connectivity index (χ0v) is 26.5. The molecular formula is C34H36F2N4O4S. The number of phenols is 1. The number of ether oxygens (including phenoxy) is 1. The molecule has 2 aromatic heterocycles. The minimum absolute atomic E-state index is 0.0378. The van der Waals surface area contributed by atoms with Crippen LogP contribution in [0.3, 0.4) is 0 Å². The van der Waals surface area contributed by atoms with Crippen LogP contribution in [-0.4, -0.2) is 44.8 Å². The Bertz CT molecular complexity index is 2020. The van der Waals surface area contributed by atoms with Crippen LogP contribution in [0, 0.1) is 17.0 Å². The van der Waals surface area contributed by atoms with Gasteiger partial charge in [0.25, 0.3) is 0 Å². The van der Waals surface area contributed by atoms with E-state index in [4.69, 9.17) is 14.8 Å². The maximum atomic E-state index is 15.6. The Labute approximate surface area is 261 Å². The van der Waals surface area contributed by atoms with Crippen molar-refractivity contribution >= 4 is 20.7 Å². The molecule has 236 valence electrons. The average molecular weight is 635 g/mol. The van der Waals surface area contributed by atoms with Gasteiger partial charge in [-0.2, -0.15) is 5.10 Å². The van der Waals surface area contributed by atoms with E-state index >= 15 is 8.78 Å². The predicted octanol–water partition coefficient (Wildman–Crippen LogP) is 7.21. The van der Waals surface area contributed by atoms with E-state index in [1.165, 1.54) is 28.9 Å². The molecular weight excluding hydrogens is 598 g/mol. The van der Waals surface area contributed by atoms with Crippen LogP contribution in [0.1, 0.15) is 57.0 Å². The van der Waals surface area contributed by atoms with Crippen molar-refractivity contribution in [3.05, 3.63) is 89.4 Å². The van der Waals surface area contributed by atoms with E-state index in [-0.39, 0.29) is 46.6 Å². The van der Waals surface area contributed by atoms with Gasteiger partial charge in [-0.25, -0.2) is 26.9 Å². The van der Waals surface area contributed by atoms with Gasteiger partial charge in [-0.3, -0.25) is 0 Å². The summed E-state index contributed by atoms with van der Waals surface area (Å²) in [4.78, 5) is 7.81. The minimum atomic E-state index is -3.56. The number of fused-ring (bicyclic) bond motifs is 8. The zero-order chi connectivity index (χ0) is 32.1. The van der Waals surface area contributed by atoms with Crippen LogP contribution in [-0.2, 0) is 28.7 Å². The van der Waals surface area contributed by atoms with Gasteiger partial charge in [0.2, 0.25) is 0 Å². The van der Waals surface area contributed by atoms with Gasteiger partial charge in [0.15, 0.2) is 33.1 Å². The largest absolute Gasteiger partial charge is 0.508 e. The SMILES string of the molecule is Cn1nc2nc1-c1cc(ccc1F)Oc1c(F)cc3[nH]ccc3c1CCS(=O)(=O)CC(C)(C)CCCC2(C)c1cccc(O)c1. The summed E-state index contributed by atoms with van der Waals surface area (Å²) >= 11 is 0. The molecule has 11 heteroatoms. The molecule has 5 aromatic rings. The summed E-state index contributed by atoms with van der Waals surface area (Å²) in [7, 11) is -1.88. The number of hydrogen-bond acceptors (Lipinski definition) is 6. The Morgan fingerprint density at radius 1 is 1.02 bits per heavy atom. The van der Waals surface area contributed by atoms with Crippen molar-refractivity contribution in [1.82, 2.24) is 19.7 Å². The van der Waals surface area contributed by atoms with Gasteiger partial charge >= 0.3 is 0 Å². The molecule has 4 bridgehead atoms. The molecule has 2 N–H and O–H groups in total. The normalized spacial score (nSPS) is 20.1. The molecule has 0 radical (unpaired) electrons. The summed E-state index contributed by atoms with van der Waals surface area (Å²) < 4.78 is 65.6. The maximum absolute atomic E-state index is 15.6. The van der Waals surface area contributed by atoms with Crippen LogP contribution in [0.4, 0.5) is 8.78 Å². The molecule has 0 aliphatic carbocycles. The fourth-order valence-electron chi connectivity index (χ4n) is 6.44. The first-order valence-electron chi connectivity index (χ1n) is 14.9. The molecule has 0 saturated heterocycles. The monoisotopic (exact) mass is 634 g/mol. The molecule has 8 nitrogen and oxygen atoms in total. The van der Waals surface area contributed by atoms with Crippen LogP contribution < -0.4 is 4.74 Å². The number of aryl methyl sites for hydroxylation is 2. The van der Waals surface area contributed by atoms with Crippen molar-refractivity contribution < 1.29 is 27.0 Å². The molecule has 0 fully saturated rings. The van der Waals surface area contributed by atoms with E-state index in [0.717, 1.165) is 5.56 Å². The van der Waals surface area contributed by atoms with Crippen molar-refractivity contribution in [3.63, 3.8) is 0 Å². The number of benzene rings is 3. The quantitative estimate of drug-likeness (QED) is 0.202. The van der Waals surface area contributed by atoms with Gasteiger partial charge in [0, 0.05) is 35.8 Å². The lowest BCUT2D eigenvalue weighted by Gasteiger charge is -2.30. The predicted molar refractivity (Wildman–Crippen MR) is 169 cm³/mol. The van der Waals surface area contributed by atoms with Crippen LogP contribution in [0.15, 0.2) is 60.8 Å². The number of hydrogen-bond donors (Lipinski definition) is 2. The number of H-pyrrole nitrogens is 1. The Balaban J connectivity index is 1.53. The number of nitrogens with one attached hydrogen (secondary N) is 1. The molecule has 6 rings (SSSR count). The summed E-state index contributed by atoms with van der Waals surface area (Å²) in [5.74, 6) is -0.632. The van der Waals surface area contributed by atoms with E-state index in [1.54, 1.807) is 37.5 Å². The van der Waals surface area contributed by atoms with E-state index in [2.05, 4.69) is 4.98 Å². The smallest absolute Gasteiger partial charge is 0.168 e. The van der Waals surface area contributed by atoms with Gasteiger partial charge in [0.05, 0.1) is 22.5 Å². The first-order chi connectivity index (χ1) is 21.2. The highest BCUT2D eigenvalue weighted by atomic mass is 32.2. The Morgan fingerprint density at radius 3 is 2.60 bits per heavy atom. The van der Waals surface area contributed by atoms with Crippen molar-refractivity contribution in [3.8, 4) is 28.6 Å². The third kappa shape index (κ3) is 6.05. The summed E-state index contributed by atoms with van der Waals surface area (Å²) in [5.41, 5.74) is 0.488. The summed E-state index contributed by atoms with van der Waals surface area (Å²) in [5, 5.41) is 15.7. The number of aromatic nitrogens is 4. The van der Waals surface area contributed by atoms with E-state index in [1.807, 2.05) is 26.8 Å². The molecule has 1 unspecified atom stereocenters. The summed E-state index contributed by atoms with van der Waals surface area (Å²) in [6, 6.07) is 14.0. The third-order valence-electron chi connectivity index (χ3n) is 8.81. The van der Waals surface area contributed by atoms with Crippen LogP contribution in [0.2, 0.25) is 0 Å². The second-order valence-electron chi connectivity index (χ2n) is 13.0. The first-order valence-corrected chi connectivity index (χ1v) is 16.7. The van der Waals surface area contributed by atoms with Gasteiger partial charge in [0.1, 0.15) is 17.3 Å². The molecule has 0 spiro atoms. The second kappa shape index (κ2) is 11.3. The second-order valence-corrected chi connectivity index (χ2v) is 15.2.